The van der Waals surface area contributed by atoms with Gasteiger partial charge in [0.25, 0.3) is 5.92 Å². The maximum absolute atomic E-state index is 15.7. The topological polar surface area (TPSA) is 153 Å². The van der Waals surface area contributed by atoms with Gasteiger partial charge in [-0.3, -0.25) is 18.9 Å². The van der Waals surface area contributed by atoms with Gasteiger partial charge in [-0.15, -0.1) is 0 Å². The number of aryl methyl sites for hydroxylation is 1. The van der Waals surface area contributed by atoms with Crippen LogP contribution < -0.4 is 10.0 Å². The summed E-state index contributed by atoms with van der Waals surface area (Å²) < 4.78 is 138. The van der Waals surface area contributed by atoms with Crippen LogP contribution in [0.25, 0.3) is 22.0 Å². The minimum atomic E-state index is -5.13. The van der Waals surface area contributed by atoms with Gasteiger partial charge < -0.3 is 15.2 Å². The Balaban J connectivity index is 1.41. The molecule has 0 saturated carbocycles. The number of fused-ring (bicyclic) bond motifs is 2. The summed E-state index contributed by atoms with van der Waals surface area (Å²) >= 11 is 6.62. The van der Waals surface area contributed by atoms with Gasteiger partial charge in [-0.05, 0) is 68.0 Å². The number of aliphatic hydroxyl groups is 1. The fourth-order valence-electron chi connectivity index (χ4n) is 8.61. The van der Waals surface area contributed by atoms with Crippen molar-refractivity contribution in [1.29, 1.82) is 0 Å². The van der Waals surface area contributed by atoms with Gasteiger partial charge in [0.05, 0.1) is 46.1 Å². The van der Waals surface area contributed by atoms with Crippen LogP contribution in [0.15, 0.2) is 42.5 Å². The maximum Gasteiger partial charge on any atom is 0.435 e. The van der Waals surface area contributed by atoms with E-state index in [1.54, 1.807) is 19.9 Å². The van der Waals surface area contributed by atoms with Gasteiger partial charge in [0.2, 0.25) is 15.9 Å². The molecule has 2 unspecified atom stereocenters. The van der Waals surface area contributed by atoms with Crippen LogP contribution in [0.1, 0.15) is 86.4 Å². The molecule has 12 nitrogen and oxygen atoms in total. The number of anilines is 1. The van der Waals surface area contributed by atoms with E-state index in [4.69, 9.17) is 21.3 Å². The second-order valence-corrected chi connectivity index (χ2v) is 18.5. The second-order valence-electron chi connectivity index (χ2n) is 16.3. The molecular formula is C42H41ClF7N7O5S. The van der Waals surface area contributed by atoms with E-state index in [2.05, 4.69) is 32.1 Å². The van der Waals surface area contributed by atoms with E-state index >= 15 is 8.78 Å². The van der Waals surface area contributed by atoms with Gasteiger partial charge in [0.15, 0.2) is 11.5 Å². The maximum atomic E-state index is 15.7. The van der Waals surface area contributed by atoms with Crippen LogP contribution >= 0.6 is 11.6 Å². The summed E-state index contributed by atoms with van der Waals surface area (Å²) in [5.41, 5.74) is -4.09. The number of carbonyl (C=O) groups excluding carboxylic acids is 1. The Labute approximate surface area is 362 Å². The van der Waals surface area contributed by atoms with Crippen LogP contribution in [0.5, 0.6) is 0 Å². The predicted octanol–water partition coefficient (Wildman–Crippen LogP) is 7.77. The highest BCUT2D eigenvalue weighted by atomic mass is 35.5. The number of hydrogen-bond acceptors (Lipinski definition) is 8. The Hall–Kier alpha value is -5.23. The molecule has 3 aromatic heterocycles. The smallest absolute Gasteiger partial charge is 0.377 e. The number of amides is 1. The predicted molar refractivity (Wildman–Crippen MR) is 218 cm³/mol. The first-order valence-corrected chi connectivity index (χ1v) is 21.9. The fourth-order valence-corrected chi connectivity index (χ4v) is 9.34. The van der Waals surface area contributed by atoms with Gasteiger partial charge in [-0.2, -0.15) is 32.1 Å². The Morgan fingerprint density at radius 2 is 1.67 bits per heavy atom. The number of benzene rings is 2. The first kappa shape index (κ1) is 45.8. The summed E-state index contributed by atoms with van der Waals surface area (Å²) in [5.74, 6) is -4.09. The monoisotopic (exact) mass is 923 g/mol. The average Bonchev–Trinajstić information content (AvgIpc) is 3.75. The van der Waals surface area contributed by atoms with Crippen molar-refractivity contribution in [2.75, 3.05) is 11.0 Å². The lowest BCUT2D eigenvalue weighted by molar-refractivity contribution is -0.143. The van der Waals surface area contributed by atoms with Gasteiger partial charge in [-0.1, -0.05) is 37.4 Å². The van der Waals surface area contributed by atoms with Gasteiger partial charge in [-0.25, -0.2) is 22.2 Å². The zero-order chi connectivity index (χ0) is 46.1. The molecule has 3 N–H and O–H groups in total. The third-order valence-corrected chi connectivity index (χ3v) is 12.1. The Bertz CT molecular complexity index is 2790. The molecule has 0 radical (unpaired) electrons. The number of ether oxygens (including phenoxy) is 1. The Morgan fingerprint density at radius 1 is 1.03 bits per heavy atom. The SMILES string of the molecule is CC1CC(O)(C#Cc2ccc(-c3ccc(Cl)c4c(NS(C)(=O)=O)nn(C)c34)c([C@H](Cc3cc(F)cc(F)c3)NC(=O)Cn3nc(C(F)(F)F)c4c3C(F)(F)[C@H](C)[C@@H]4C)n2)CC(C)O1. The van der Waals surface area contributed by atoms with E-state index in [9.17, 15) is 40.3 Å². The molecule has 63 heavy (non-hydrogen) atoms. The fraction of sp³-hybridized carbons (Fsp3) is 0.429. The quantitative estimate of drug-likeness (QED) is 0.100. The summed E-state index contributed by atoms with van der Waals surface area (Å²) in [4.78, 5) is 18.9. The molecule has 0 spiro atoms. The number of pyridine rings is 1. The number of halogens is 8. The molecule has 1 aliphatic heterocycles. The number of hydrogen-bond donors (Lipinski definition) is 3. The van der Waals surface area contributed by atoms with Crippen molar-refractivity contribution in [3.8, 4) is 23.0 Å². The van der Waals surface area contributed by atoms with Crippen molar-refractivity contribution < 1.29 is 53.8 Å². The summed E-state index contributed by atoms with van der Waals surface area (Å²) in [6.07, 6.45) is -5.00. The summed E-state index contributed by atoms with van der Waals surface area (Å²) in [7, 11) is -2.37. The lowest BCUT2D eigenvalue weighted by atomic mass is 9.88. The number of aromatic nitrogens is 5. The highest BCUT2D eigenvalue weighted by Crippen LogP contribution is 2.55. The molecule has 2 aliphatic rings. The van der Waals surface area contributed by atoms with Crippen molar-refractivity contribution in [3.63, 3.8) is 0 Å². The van der Waals surface area contributed by atoms with E-state index < -0.39 is 93.1 Å². The normalized spacial score (nSPS) is 22.7. The number of alkyl halides is 5. The molecule has 1 fully saturated rings. The first-order valence-electron chi connectivity index (χ1n) is 19.6. The summed E-state index contributed by atoms with van der Waals surface area (Å²) in [6, 6.07) is 7.18. The van der Waals surface area contributed by atoms with Crippen molar-refractivity contribution in [1.82, 2.24) is 29.9 Å². The Morgan fingerprint density at radius 3 is 2.29 bits per heavy atom. The molecule has 1 aliphatic carbocycles. The lowest BCUT2D eigenvalue weighted by Gasteiger charge is -2.35. The molecule has 0 bridgehead atoms. The lowest BCUT2D eigenvalue weighted by Crippen LogP contribution is -2.42. The molecule has 5 aromatic rings. The highest BCUT2D eigenvalue weighted by molar-refractivity contribution is 7.92. The molecule has 1 saturated heterocycles. The minimum Gasteiger partial charge on any atom is -0.377 e. The van der Waals surface area contributed by atoms with Gasteiger partial charge in [0, 0.05) is 48.6 Å². The molecule has 5 atom stereocenters. The van der Waals surface area contributed by atoms with Gasteiger partial charge >= 0.3 is 6.18 Å². The molecule has 336 valence electrons. The Kier molecular flexibility index (Phi) is 11.9. The van der Waals surface area contributed by atoms with Crippen LogP contribution in [0.2, 0.25) is 5.02 Å². The van der Waals surface area contributed by atoms with Crippen molar-refractivity contribution in [2.45, 2.75) is 95.4 Å². The average molecular weight is 924 g/mol. The van der Waals surface area contributed by atoms with Crippen molar-refractivity contribution in [2.24, 2.45) is 13.0 Å². The van der Waals surface area contributed by atoms with Crippen LogP contribution in [-0.2, 0) is 51.7 Å². The minimum absolute atomic E-state index is 0.0172. The van der Waals surface area contributed by atoms with E-state index in [0.29, 0.717) is 16.3 Å². The number of nitrogens with one attached hydrogen (secondary N) is 2. The van der Waals surface area contributed by atoms with Crippen LogP contribution in [0.3, 0.4) is 0 Å². The third-order valence-electron chi connectivity index (χ3n) is 11.2. The number of carbonyl (C=O) groups is 1. The van der Waals surface area contributed by atoms with Gasteiger partial charge in [0.1, 0.15) is 35.2 Å². The number of rotatable bonds is 9. The molecule has 2 aromatic carbocycles. The van der Waals surface area contributed by atoms with Crippen LogP contribution in [0.4, 0.5) is 36.6 Å². The molecule has 21 heteroatoms. The zero-order valence-corrected chi connectivity index (χ0v) is 36.1. The standard InChI is InChI=1S/C42H41ClF7N7O5S/c1-20-17-40(59,18-21(2)62-20)12-11-27-7-8-28(29-9-10-30(43)34-36(29)56(5)54-39(34)55-63(6,60)61)35(51-27)31(15-24-13-25(44)16-26(45)14-24)52-32(58)19-57-38-33(37(53-57)42(48,49)50)22(3)23(4)41(38,46)47/h7-10,13-14,16,20-23,31,59H,15,17-19H2,1-6H3,(H,52,58)(H,54,55)/t20?,21?,22-,23+,31-,40?/m0/s1. The molecule has 4 heterocycles. The molecule has 1 amide bonds. The van der Waals surface area contributed by atoms with E-state index in [1.807, 2.05) is 0 Å². The number of nitrogens with zero attached hydrogens (tertiary/aromatic N) is 5. The number of sulfonamides is 1. The summed E-state index contributed by atoms with van der Waals surface area (Å²) in [6.45, 7) is 4.75. The summed E-state index contributed by atoms with van der Waals surface area (Å²) in [5, 5.41) is 22.1. The van der Waals surface area contributed by atoms with E-state index in [1.165, 1.54) is 36.9 Å². The second kappa shape index (κ2) is 16.4. The highest BCUT2D eigenvalue weighted by Gasteiger charge is 2.57. The van der Waals surface area contributed by atoms with Crippen molar-refractivity contribution in [3.05, 3.63) is 93.0 Å². The third kappa shape index (κ3) is 9.24. The van der Waals surface area contributed by atoms with Crippen molar-refractivity contribution >= 4 is 44.3 Å². The van der Waals surface area contributed by atoms with E-state index in [-0.39, 0.29) is 69.3 Å². The van der Waals surface area contributed by atoms with Crippen LogP contribution in [-0.4, -0.2) is 68.0 Å². The molecular weight excluding hydrogens is 883 g/mol. The first-order chi connectivity index (χ1) is 29.2. The van der Waals surface area contributed by atoms with E-state index in [0.717, 1.165) is 25.3 Å². The molecule has 7 rings (SSSR count). The van der Waals surface area contributed by atoms with Crippen LogP contribution in [0, 0.1) is 29.4 Å². The largest absolute Gasteiger partial charge is 0.435 e. The zero-order valence-electron chi connectivity index (χ0n) is 34.5.